The van der Waals surface area contributed by atoms with E-state index in [2.05, 4.69) is 22.4 Å². The van der Waals surface area contributed by atoms with Crippen molar-refractivity contribution in [3.05, 3.63) is 53.1 Å². The number of aromatic nitrogens is 2. The molecule has 1 atom stereocenters. The number of carbonyl (C=O) groups excluding carboxylic acids is 1. The van der Waals surface area contributed by atoms with Gasteiger partial charge < -0.3 is 4.74 Å². The smallest absolute Gasteiger partial charge is 0.269 e. The minimum atomic E-state index is -3.97. The SMILES string of the molecule is CCCSc1nnc(NC(=O)C2CN(S(=O)(=O)c3ccc(C)cc3)c3cc(Cl)ccc3O2)s1. The van der Waals surface area contributed by atoms with E-state index in [-0.39, 0.29) is 22.9 Å². The van der Waals surface area contributed by atoms with Crippen LogP contribution in [0.2, 0.25) is 5.02 Å². The maximum Gasteiger partial charge on any atom is 0.269 e. The lowest BCUT2D eigenvalue weighted by molar-refractivity contribution is -0.122. The minimum absolute atomic E-state index is 0.113. The number of fused-ring (bicyclic) bond motifs is 1. The molecular weight excluding hydrogens is 504 g/mol. The van der Waals surface area contributed by atoms with Crippen LogP contribution in [0, 0.1) is 6.92 Å². The van der Waals surface area contributed by atoms with Crippen molar-refractivity contribution in [3.63, 3.8) is 0 Å². The number of amides is 1. The number of anilines is 2. The third-order valence-corrected chi connectivity index (χ3v) is 8.97. The van der Waals surface area contributed by atoms with Crippen LogP contribution in [-0.4, -0.2) is 42.9 Å². The fraction of sp³-hybridized carbons (Fsp3) is 0.286. The monoisotopic (exact) mass is 524 g/mol. The van der Waals surface area contributed by atoms with Crippen LogP contribution >= 0.6 is 34.7 Å². The number of nitrogens with zero attached hydrogens (tertiary/aromatic N) is 3. The van der Waals surface area contributed by atoms with Crippen molar-refractivity contribution in [3.8, 4) is 5.75 Å². The van der Waals surface area contributed by atoms with Gasteiger partial charge in [0.2, 0.25) is 5.13 Å². The van der Waals surface area contributed by atoms with Gasteiger partial charge in [-0.25, -0.2) is 8.42 Å². The van der Waals surface area contributed by atoms with Gasteiger partial charge in [0, 0.05) is 10.8 Å². The van der Waals surface area contributed by atoms with Crippen molar-refractivity contribution in [2.24, 2.45) is 0 Å². The molecule has 1 aliphatic rings. The van der Waals surface area contributed by atoms with Crippen molar-refractivity contribution < 1.29 is 17.9 Å². The van der Waals surface area contributed by atoms with Crippen molar-refractivity contribution in [2.45, 2.75) is 35.6 Å². The lowest BCUT2D eigenvalue weighted by atomic mass is 10.2. The number of nitrogens with one attached hydrogen (secondary N) is 1. The summed E-state index contributed by atoms with van der Waals surface area (Å²) < 4.78 is 34.7. The van der Waals surface area contributed by atoms with Crippen LogP contribution in [-0.2, 0) is 14.8 Å². The molecule has 2 heterocycles. The number of benzene rings is 2. The van der Waals surface area contributed by atoms with Crippen LogP contribution in [0.15, 0.2) is 51.7 Å². The molecule has 1 unspecified atom stereocenters. The molecule has 1 N–H and O–H groups in total. The van der Waals surface area contributed by atoms with Gasteiger partial charge in [0.15, 0.2) is 10.4 Å². The third-order valence-electron chi connectivity index (χ3n) is 4.76. The van der Waals surface area contributed by atoms with Crippen LogP contribution in [0.5, 0.6) is 5.75 Å². The fourth-order valence-electron chi connectivity index (χ4n) is 3.12. The van der Waals surface area contributed by atoms with Crippen LogP contribution in [0.4, 0.5) is 10.8 Å². The predicted molar refractivity (Wildman–Crippen MR) is 131 cm³/mol. The normalized spacial score (nSPS) is 15.6. The number of carbonyl (C=O) groups is 1. The Kier molecular flexibility index (Phi) is 7.13. The molecule has 33 heavy (non-hydrogen) atoms. The van der Waals surface area contributed by atoms with E-state index in [1.807, 2.05) is 6.92 Å². The van der Waals surface area contributed by atoms with Crippen LogP contribution < -0.4 is 14.4 Å². The van der Waals surface area contributed by atoms with E-state index in [1.165, 1.54) is 29.5 Å². The summed E-state index contributed by atoms with van der Waals surface area (Å²) >= 11 is 8.95. The molecule has 0 spiro atoms. The summed E-state index contributed by atoms with van der Waals surface area (Å²) in [4.78, 5) is 13.1. The maximum atomic E-state index is 13.5. The minimum Gasteiger partial charge on any atom is -0.476 e. The van der Waals surface area contributed by atoms with E-state index in [0.717, 1.165) is 26.4 Å². The lowest BCUT2D eigenvalue weighted by Gasteiger charge is -2.34. The fourth-order valence-corrected chi connectivity index (χ4v) is 6.43. The molecule has 2 aromatic carbocycles. The first-order valence-corrected chi connectivity index (χ1v) is 13.7. The van der Waals surface area contributed by atoms with Gasteiger partial charge in [-0.05, 0) is 43.7 Å². The molecule has 1 amide bonds. The summed E-state index contributed by atoms with van der Waals surface area (Å²) in [7, 11) is -3.97. The predicted octanol–water partition coefficient (Wildman–Crippen LogP) is 4.60. The summed E-state index contributed by atoms with van der Waals surface area (Å²) in [5.74, 6) is 0.639. The van der Waals surface area contributed by atoms with Gasteiger partial charge in [-0.2, -0.15) is 0 Å². The average Bonchev–Trinajstić information content (AvgIpc) is 3.24. The van der Waals surface area contributed by atoms with Gasteiger partial charge in [0.1, 0.15) is 5.75 Å². The second-order valence-corrected chi connectivity index (χ2v) is 11.9. The van der Waals surface area contributed by atoms with Gasteiger partial charge in [-0.3, -0.25) is 14.4 Å². The molecule has 12 heteroatoms. The molecule has 0 radical (unpaired) electrons. The molecule has 0 saturated carbocycles. The quantitative estimate of drug-likeness (QED) is 0.356. The maximum absolute atomic E-state index is 13.5. The van der Waals surface area contributed by atoms with Crippen molar-refractivity contribution in [1.82, 2.24) is 10.2 Å². The Morgan fingerprint density at radius 2 is 2.03 bits per heavy atom. The molecule has 0 fully saturated rings. The highest BCUT2D eigenvalue weighted by Crippen LogP contribution is 2.39. The van der Waals surface area contributed by atoms with E-state index in [0.29, 0.717) is 10.2 Å². The number of rotatable bonds is 7. The first kappa shape index (κ1) is 23.8. The van der Waals surface area contributed by atoms with Crippen molar-refractivity contribution >= 4 is 61.4 Å². The molecule has 174 valence electrons. The highest BCUT2D eigenvalue weighted by atomic mass is 35.5. The summed E-state index contributed by atoms with van der Waals surface area (Å²) in [5.41, 5.74) is 1.21. The second kappa shape index (κ2) is 9.88. The molecule has 4 rings (SSSR count). The molecule has 1 aliphatic heterocycles. The van der Waals surface area contributed by atoms with Gasteiger partial charge in [-0.1, -0.05) is 59.3 Å². The van der Waals surface area contributed by atoms with Crippen LogP contribution in [0.1, 0.15) is 18.9 Å². The number of halogens is 1. The summed E-state index contributed by atoms with van der Waals surface area (Å²) in [6, 6.07) is 11.2. The summed E-state index contributed by atoms with van der Waals surface area (Å²) in [5, 5.41) is 11.4. The van der Waals surface area contributed by atoms with E-state index in [4.69, 9.17) is 16.3 Å². The lowest BCUT2D eigenvalue weighted by Crippen LogP contribution is -2.48. The topological polar surface area (TPSA) is 101 Å². The molecule has 0 saturated heterocycles. The second-order valence-electron chi connectivity index (χ2n) is 7.28. The van der Waals surface area contributed by atoms with E-state index in [9.17, 15) is 13.2 Å². The highest BCUT2D eigenvalue weighted by Gasteiger charge is 2.38. The molecule has 0 aliphatic carbocycles. The van der Waals surface area contributed by atoms with Gasteiger partial charge in [0.25, 0.3) is 15.9 Å². The average molecular weight is 525 g/mol. The largest absolute Gasteiger partial charge is 0.476 e. The Morgan fingerprint density at radius 3 is 2.76 bits per heavy atom. The first-order chi connectivity index (χ1) is 15.8. The molecule has 1 aromatic heterocycles. The third kappa shape index (κ3) is 5.26. The number of hydrogen-bond donors (Lipinski definition) is 1. The molecule has 0 bridgehead atoms. The standard InChI is InChI=1S/C21H21ClN4O4S3/c1-3-10-31-21-25-24-20(32-21)23-19(27)18-12-26(16-11-14(22)6-9-17(16)30-18)33(28,29)15-7-4-13(2)5-8-15/h4-9,11,18H,3,10,12H2,1-2H3,(H,23,24,27). The van der Waals surface area contributed by atoms with Gasteiger partial charge in [-0.15, -0.1) is 10.2 Å². The van der Waals surface area contributed by atoms with E-state index in [1.54, 1.807) is 36.0 Å². The Labute approximate surface area is 205 Å². The highest BCUT2D eigenvalue weighted by molar-refractivity contribution is 8.01. The molecule has 3 aromatic rings. The van der Waals surface area contributed by atoms with Crippen LogP contribution in [0.3, 0.4) is 0 Å². The van der Waals surface area contributed by atoms with E-state index >= 15 is 0 Å². The number of thioether (sulfide) groups is 1. The number of aryl methyl sites for hydroxylation is 1. The number of hydrogen-bond acceptors (Lipinski definition) is 8. The van der Waals surface area contributed by atoms with Crippen LogP contribution in [0.25, 0.3) is 0 Å². The zero-order chi connectivity index (χ0) is 23.6. The summed E-state index contributed by atoms with van der Waals surface area (Å²) in [6.07, 6.45) is -0.0918. The summed E-state index contributed by atoms with van der Waals surface area (Å²) in [6.45, 7) is 3.73. The molecule has 8 nitrogen and oxygen atoms in total. The van der Waals surface area contributed by atoms with E-state index < -0.39 is 22.0 Å². The molecular formula is C21H21ClN4O4S3. The number of sulfonamides is 1. The van der Waals surface area contributed by atoms with Gasteiger partial charge in [0.05, 0.1) is 17.1 Å². The Bertz CT molecular complexity index is 1260. The first-order valence-electron chi connectivity index (χ1n) is 10.1. The zero-order valence-corrected chi connectivity index (χ0v) is 21.0. The Balaban J connectivity index is 1.61. The number of ether oxygens (including phenoxy) is 1. The Hall–Kier alpha value is -2.34. The Morgan fingerprint density at radius 1 is 1.27 bits per heavy atom. The van der Waals surface area contributed by atoms with Crippen molar-refractivity contribution in [2.75, 3.05) is 21.9 Å². The van der Waals surface area contributed by atoms with Crippen molar-refractivity contribution in [1.29, 1.82) is 0 Å². The van der Waals surface area contributed by atoms with Gasteiger partial charge >= 0.3 is 0 Å². The zero-order valence-electron chi connectivity index (χ0n) is 17.8.